The highest BCUT2D eigenvalue weighted by atomic mass is 16.5. The van der Waals surface area contributed by atoms with Gasteiger partial charge in [-0.15, -0.1) is 0 Å². The Morgan fingerprint density at radius 2 is 2.25 bits per heavy atom. The Kier molecular flexibility index (Phi) is 3.20. The van der Waals surface area contributed by atoms with Gasteiger partial charge >= 0.3 is 0 Å². The van der Waals surface area contributed by atoms with Crippen molar-refractivity contribution in [2.75, 3.05) is 0 Å². The van der Waals surface area contributed by atoms with E-state index in [1.165, 1.54) is 11.1 Å². The van der Waals surface area contributed by atoms with Crippen LogP contribution in [-0.4, -0.2) is 6.10 Å². The highest BCUT2D eigenvalue weighted by molar-refractivity contribution is 5.46. The Morgan fingerprint density at radius 1 is 1.50 bits per heavy atom. The van der Waals surface area contributed by atoms with Gasteiger partial charge in [0.2, 0.25) is 0 Å². The number of hydrogen-bond donors (Lipinski definition) is 1. The number of nitrogens with two attached hydrogens (primary N) is 1. The zero-order chi connectivity index (χ0) is 11.7. The molecular formula is C14H21NO. The molecule has 1 aromatic carbocycles. The van der Waals surface area contributed by atoms with E-state index < -0.39 is 0 Å². The Hall–Kier alpha value is -1.02. The van der Waals surface area contributed by atoms with Crippen LogP contribution in [0.3, 0.4) is 0 Å². The zero-order valence-corrected chi connectivity index (χ0v) is 10.4. The third kappa shape index (κ3) is 1.94. The predicted molar refractivity (Wildman–Crippen MR) is 66.8 cm³/mol. The summed E-state index contributed by atoms with van der Waals surface area (Å²) < 4.78 is 5.98. The van der Waals surface area contributed by atoms with Gasteiger partial charge in [0.05, 0.1) is 6.10 Å². The summed E-state index contributed by atoms with van der Waals surface area (Å²) in [5.41, 5.74) is 8.65. The van der Waals surface area contributed by atoms with E-state index in [-0.39, 0.29) is 12.1 Å². The molecule has 1 aliphatic heterocycles. The van der Waals surface area contributed by atoms with Crippen molar-refractivity contribution >= 4 is 0 Å². The van der Waals surface area contributed by atoms with Gasteiger partial charge in [-0.05, 0) is 24.8 Å². The van der Waals surface area contributed by atoms with Gasteiger partial charge in [-0.1, -0.05) is 32.0 Å². The second kappa shape index (κ2) is 4.46. The molecule has 0 saturated carbocycles. The molecule has 0 spiro atoms. The molecular weight excluding hydrogens is 198 g/mol. The van der Waals surface area contributed by atoms with Crippen molar-refractivity contribution in [3.05, 3.63) is 29.3 Å². The molecule has 1 aliphatic rings. The molecule has 16 heavy (non-hydrogen) atoms. The normalized spacial score (nSPS) is 25.8. The highest BCUT2D eigenvalue weighted by Gasteiger charge is 2.26. The molecule has 0 radical (unpaired) electrons. The highest BCUT2D eigenvalue weighted by Crippen LogP contribution is 2.39. The first-order chi connectivity index (χ1) is 7.63. The van der Waals surface area contributed by atoms with Gasteiger partial charge in [0.25, 0.3) is 0 Å². The summed E-state index contributed by atoms with van der Waals surface area (Å²) in [6.07, 6.45) is 2.27. The van der Waals surface area contributed by atoms with E-state index in [0.717, 1.165) is 18.6 Å². The van der Waals surface area contributed by atoms with Crippen LogP contribution in [0, 0.1) is 0 Å². The van der Waals surface area contributed by atoms with E-state index in [9.17, 15) is 0 Å². The summed E-state index contributed by atoms with van der Waals surface area (Å²) in [6, 6.07) is 6.48. The first-order valence-electron chi connectivity index (χ1n) is 6.18. The molecule has 2 rings (SSSR count). The molecule has 1 aromatic rings. The quantitative estimate of drug-likeness (QED) is 0.827. The Labute approximate surface area is 97.8 Å². The molecule has 0 fully saturated rings. The van der Waals surface area contributed by atoms with Crippen molar-refractivity contribution in [3.8, 4) is 5.75 Å². The van der Waals surface area contributed by atoms with Gasteiger partial charge in [-0.25, -0.2) is 0 Å². The van der Waals surface area contributed by atoms with Gasteiger partial charge in [-0.3, -0.25) is 0 Å². The summed E-state index contributed by atoms with van der Waals surface area (Å²) in [7, 11) is 0. The topological polar surface area (TPSA) is 35.2 Å². The van der Waals surface area contributed by atoms with Gasteiger partial charge in [0, 0.05) is 18.0 Å². The fourth-order valence-corrected chi connectivity index (χ4v) is 2.34. The maximum absolute atomic E-state index is 6.17. The molecule has 2 nitrogen and oxygen atoms in total. The Bertz CT molecular complexity index is 375. The molecule has 0 aromatic heterocycles. The van der Waals surface area contributed by atoms with Crippen LogP contribution in [-0.2, 0) is 0 Å². The molecule has 88 valence electrons. The van der Waals surface area contributed by atoms with Crippen LogP contribution >= 0.6 is 0 Å². The number of ether oxygens (including phenoxy) is 1. The van der Waals surface area contributed by atoms with Gasteiger partial charge < -0.3 is 10.5 Å². The lowest BCUT2D eigenvalue weighted by Crippen LogP contribution is -2.28. The summed E-state index contributed by atoms with van der Waals surface area (Å²) in [5, 5.41) is 0. The van der Waals surface area contributed by atoms with E-state index in [0.29, 0.717) is 5.92 Å². The molecule has 0 aliphatic carbocycles. The standard InChI is InChI=1S/C14H21NO/c1-4-9(2)11-6-5-7-12-13(15)8-10(3)16-14(11)12/h5-7,9-10,13H,4,8,15H2,1-3H3. The van der Waals surface area contributed by atoms with E-state index >= 15 is 0 Å². The monoisotopic (exact) mass is 219 g/mol. The van der Waals surface area contributed by atoms with Crippen LogP contribution in [0.15, 0.2) is 18.2 Å². The number of rotatable bonds is 2. The van der Waals surface area contributed by atoms with Gasteiger partial charge in [0.1, 0.15) is 5.75 Å². The number of hydrogen-bond acceptors (Lipinski definition) is 2. The summed E-state index contributed by atoms with van der Waals surface area (Å²) in [5.74, 6) is 1.58. The van der Waals surface area contributed by atoms with E-state index in [4.69, 9.17) is 10.5 Å². The average molecular weight is 219 g/mol. The lowest BCUT2D eigenvalue weighted by molar-refractivity contribution is 0.174. The fourth-order valence-electron chi connectivity index (χ4n) is 2.34. The lowest BCUT2D eigenvalue weighted by atomic mass is 9.90. The van der Waals surface area contributed by atoms with Gasteiger partial charge in [0.15, 0.2) is 0 Å². The largest absolute Gasteiger partial charge is 0.490 e. The van der Waals surface area contributed by atoms with Crippen molar-refractivity contribution in [2.24, 2.45) is 5.73 Å². The van der Waals surface area contributed by atoms with E-state index in [1.54, 1.807) is 0 Å². The lowest BCUT2D eigenvalue weighted by Gasteiger charge is -2.31. The third-order valence-corrected chi connectivity index (χ3v) is 3.52. The first-order valence-corrected chi connectivity index (χ1v) is 6.18. The Morgan fingerprint density at radius 3 is 2.94 bits per heavy atom. The summed E-state index contributed by atoms with van der Waals surface area (Å²) in [4.78, 5) is 0. The van der Waals surface area contributed by atoms with Crippen molar-refractivity contribution in [2.45, 2.75) is 51.7 Å². The van der Waals surface area contributed by atoms with Crippen LogP contribution < -0.4 is 10.5 Å². The van der Waals surface area contributed by atoms with Crippen LogP contribution in [0.2, 0.25) is 0 Å². The molecule has 0 amide bonds. The predicted octanol–water partition coefficient (Wildman–Crippen LogP) is 3.37. The average Bonchev–Trinajstić information content (AvgIpc) is 2.27. The Balaban J connectivity index is 2.45. The maximum atomic E-state index is 6.17. The number of para-hydroxylation sites is 1. The van der Waals surface area contributed by atoms with Crippen LogP contribution in [0.1, 0.15) is 56.7 Å². The fraction of sp³-hybridized carbons (Fsp3) is 0.571. The molecule has 3 unspecified atom stereocenters. The smallest absolute Gasteiger partial charge is 0.127 e. The summed E-state index contributed by atoms with van der Waals surface area (Å²) >= 11 is 0. The second-order valence-electron chi connectivity index (χ2n) is 4.85. The van der Waals surface area contributed by atoms with E-state index in [1.807, 2.05) is 0 Å². The minimum absolute atomic E-state index is 0.128. The molecule has 2 heteroatoms. The van der Waals surface area contributed by atoms with E-state index in [2.05, 4.69) is 39.0 Å². The van der Waals surface area contributed by atoms with Crippen LogP contribution in [0.25, 0.3) is 0 Å². The molecule has 3 atom stereocenters. The molecule has 1 heterocycles. The first kappa shape index (κ1) is 11.5. The van der Waals surface area contributed by atoms with Crippen molar-refractivity contribution in [3.63, 3.8) is 0 Å². The van der Waals surface area contributed by atoms with Gasteiger partial charge in [-0.2, -0.15) is 0 Å². The SMILES string of the molecule is CCC(C)c1cccc2c1OC(C)CC2N. The minimum Gasteiger partial charge on any atom is -0.490 e. The zero-order valence-electron chi connectivity index (χ0n) is 10.4. The molecule has 0 saturated heterocycles. The van der Waals surface area contributed by atoms with Crippen LogP contribution in [0.5, 0.6) is 5.75 Å². The molecule has 2 N–H and O–H groups in total. The number of fused-ring (bicyclic) bond motifs is 1. The van der Waals surface area contributed by atoms with Crippen molar-refractivity contribution in [1.82, 2.24) is 0 Å². The van der Waals surface area contributed by atoms with Crippen molar-refractivity contribution in [1.29, 1.82) is 0 Å². The van der Waals surface area contributed by atoms with Crippen molar-refractivity contribution < 1.29 is 4.74 Å². The third-order valence-electron chi connectivity index (χ3n) is 3.52. The number of benzene rings is 1. The summed E-state index contributed by atoms with van der Waals surface area (Å²) in [6.45, 7) is 6.54. The minimum atomic E-state index is 0.128. The molecule has 0 bridgehead atoms. The van der Waals surface area contributed by atoms with Crippen LogP contribution in [0.4, 0.5) is 0 Å². The maximum Gasteiger partial charge on any atom is 0.127 e. The second-order valence-corrected chi connectivity index (χ2v) is 4.85.